The summed E-state index contributed by atoms with van der Waals surface area (Å²) in [5.41, 5.74) is 3.31. The van der Waals surface area contributed by atoms with Gasteiger partial charge in [0.2, 0.25) is 5.90 Å². The molecule has 0 aromatic heterocycles. The zero-order valence-electron chi connectivity index (χ0n) is 22.1. The molecule has 2 N–H and O–H groups in total. The third kappa shape index (κ3) is 7.11. The third-order valence-corrected chi connectivity index (χ3v) is 5.96. The Bertz CT molecular complexity index is 1030. The topological polar surface area (TPSA) is 95.6 Å². The summed E-state index contributed by atoms with van der Waals surface area (Å²) in [6.45, 7) is 5.40. The molecule has 37 heavy (non-hydrogen) atoms. The highest BCUT2D eigenvalue weighted by molar-refractivity contribution is 7.85. The van der Waals surface area contributed by atoms with Crippen LogP contribution >= 0.6 is 12.6 Å². The zero-order valence-corrected chi connectivity index (χ0v) is 23.0. The number of aliphatic imine (C=N–C) groups is 1. The first kappa shape index (κ1) is 30.8. The number of nitrogens with zero attached hydrogens (tertiary/aromatic N) is 2. The molecule has 1 heterocycles. The van der Waals surface area contributed by atoms with Crippen LogP contribution in [0.15, 0.2) is 27.6 Å². The van der Waals surface area contributed by atoms with Crippen LogP contribution in [0.2, 0.25) is 0 Å². The number of benzene rings is 1. The van der Waals surface area contributed by atoms with Crippen LogP contribution in [0.1, 0.15) is 39.7 Å². The molecule has 0 unspecified atom stereocenters. The van der Waals surface area contributed by atoms with Crippen molar-refractivity contribution in [2.45, 2.75) is 51.3 Å². The molecule has 0 radical (unpaired) electrons. The first-order valence-corrected chi connectivity index (χ1v) is 12.2. The van der Waals surface area contributed by atoms with Crippen LogP contribution in [0.3, 0.4) is 0 Å². The Morgan fingerprint density at radius 1 is 1.27 bits per heavy atom. The van der Waals surface area contributed by atoms with Crippen LogP contribution in [0.4, 0.5) is 18.0 Å². The minimum atomic E-state index is -1.83. The van der Waals surface area contributed by atoms with Gasteiger partial charge in [-0.2, -0.15) is 0 Å². The molecular formula is C25H36F3N3O5S. The number of alkyl halides is 1. The van der Waals surface area contributed by atoms with Crippen LogP contribution in [-0.4, -0.2) is 75.7 Å². The van der Waals surface area contributed by atoms with E-state index in [9.17, 15) is 13.6 Å². The van der Waals surface area contributed by atoms with E-state index in [1.54, 1.807) is 27.7 Å². The second-order valence-corrected chi connectivity index (χ2v) is 10.1. The number of carbonyl (C=O) groups excluding carboxylic acids is 1. The van der Waals surface area contributed by atoms with E-state index in [4.69, 9.17) is 24.7 Å². The second-order valence-electron chi connectivity index (χ2n) is 9.62. The lowest BCUT2D eigenvalue weighted by atomic mass is 9.76. The van der Waals surface area contributed by atoms with Crippen molar-refractivity contribution in [1.82, 2.24) is 4.90 Å². The maximum Gasteiger partial charge on any atom is 0.411 e. The van der Waals surface area contributed by atoms with E-state index in [0.29, 0.717) is 6.07 Å². The Kier molecular flexibility index (Phi) is 10.7. The molecule has 2 atom stereocenters. The lowest BCUT2D eigenvalue weighted by Crippen LogP contribution is -2.58. The number of hydrogen-bond donors (Lipinski definition) is 2. The van der Waals surface area contributed by atoms with Crippen molar-refractivity contribution < 1.29 is 36.9 Å². The van der Waals surface area contributed by atoms with Crippen molar-refractivity contribution in [2.24, 2.45) is 10.7 Å². The number of nitrogens with two attached hydrogens (primary N) is 1. The molecule has 2 rings (SSSR count). The molecular weight excluding hydrogens is 511 g/mol. The van der Waals surface area contributed by atoms with Gasteiger partial charge in [-0.15, -0.1) is 12.6 Å². The highest BCUT2D eigenvalue weighted by Gasteiger charge is 2.52. The average Bonchev–Trinajstić information content (AvgIpc) is 2.78. The fraction of sp³-hybridized carbons (Fsp3) is 0.600. The summed E-state index contributed by atoms with van der Waals surface area (Å²) in [6.07, 6.45) is -1.13. The zero-order chi connectivity index (χ0) is 28.0. The van der Waals surface area contributed by atoms with Crippen molar-refractivity contribution in [2.75, 3.05) is 47.2 Å². The summed E-state index contributed by atoms with van der Waals surface area (Å²) in [7, 11) is 2.81. The first-order valence-electron chi connectivity index (χ1n) is 11.8. The number of amides is 1. The normalized spacial score (nSPS) is 18.8. The summed E-state index contributed by atoms with van der Waals surface area (Å²) >= 11 is 4.53. The highest BCUT2D eigenvalue weighted by atomic mass is 32.1. The predicted octanol–water partition coefficient (Wildman–Crippen LogP) is 4.37. The van der Waals surface area contributed by atoms with Crippen LogP contribution in [-0.2, 0) is 19.7 Å². The van der Waals surface area contributed by atoms with E-state index >= 15 is 4.39 Å². The Hall–Kier alpha value is -2.44. The SMILES string of the molecule is COCCOc1cc(F)cc(F)c1[C@@]1(N(C[C@H](C)N)C(=O)OC(C)(C)C)CN=C(OC)C(S)=C1CCF. The number of dihydropyridines is 1. The number of thiol groups is 1. The predicted molar refractivity (Wildman–Crippen MR) is 138 cm³/mol. The minimum absolute atomic E-state index is 0.0509. The maximum atomic E-state index is 15.9. The van der Waals surface area contributed by atoms with Crippen molar-refractivity contribution in [3.63, 3.8) is 0 Å². The van der Waals surface area contributed by atoms with Gasteiger partial charge < -0.3 is 24.7 Å². The van der Waals surface area contributed by atoms with Gasteiger partial charge in [0.05, 0.1) is 37.4 Å². The summed E-state index contributed by atoms with van der Waals surface area (Å²) in [4.78, 5) is 19.4. The number of rotatable bonds is 10. The molecule has 1 aromatic rings. The number of methoxy groups -OCH3 is 2. The van der Waals surface area contributed by atoms with E-state index < -0.39 is 41.6 Å². The average molecular weight is 548 g/mol. The largest absolute Gasteiger partial charge is 0.491 e. The van der Waals surface area contributed by atoms with Crippen molar-refractivity contribution in [1.29, 1.82) is 0 Å². The number of hydrogen-bond acceptors (Lipinski definition) is 8. The summed E-state index contributed by atoms with van der Waals surface area (Å²) < 4.78 is 66.1. The maximum absolute atomic E-state index is 15.9. The number of halogens is 3. The van der Waals surface area contributed by atoms with E-state index in [0.717, 1.165) is 6.07 Å². The third-order valence-electron chi connectivity index (χ3n) is 5.50. The van der Waals surface area contributed by atoms with Gasteiger partial charge in [-0.05, 0) is 33.3 Å². The van der Waals surface area contributed by atoms with Crippen LogP contribution in [0.25, 0.3) is 0 Å². The van der Waals surface area contributed by atoms with Gasteiger partial charge >= 0.3 is 6.09 Å². The van der Waals surface area contributed by atoms with Crippen molar-refractivity contribution in [3.05, 3.63) is 39.8 Å². The Morgan fingerprint density at radius 3 is 2.49 bits per heavy atom. The molecule has 12 heteroatoms. The van der Waals surface area contributed by atoms with Gasteiger partial charge in [0, 0.05) is 38.2 Å². The fourth-order valence-electron chi connectivity index (χ4n) is 4.17. The van der Waals surface area contributed by atoms with Crippen molar-refractivity contribution in [3.8, 4) is 5.75 Å². The molecule has 0 spiro atoms. The van der Waals surface area contributed by atoms with E-state index in [-0.39, 0.29) is 60.4 Å². The van der Waals surface area contributed by atoms with Crippen molar-refractivity contribution >= 4 is 24.6 Å². The molecule has 208 valence electrons. The minimum Gasteiger partial charge on any atom is -0.491 e. The summed E-state index contributed by atoms with van der Waals surface area (Å²) in [5, 5.41) is 0. The lowest BCUT2D eigenvalue weighted by molar-refractivity contribution is -0.0000111. The molecule has 0 bridgehead atoms. The Balaban J connectivity index is 2.99. The quantitative estimate of drug-likeness (QED) is 0.334. The molecule has 0 saturated carbocycles. The molecule has 1 amide bonds. The van der Waals surface area contributed by atoms with Gasteiger partial charge in [-0.3, -0.25) is 9.29 Å². The number of carbonyl (C=O) groups is 1. The molecule has 0 fully saturated rings. The van der Waals surface area contributed by atoms with Gasteiger partial charge in [-0.25, -0.2) is 18.6 Å². The monoisotopic (exact) mass is 547 g/mol. The first-order chi connectivity index (χ1) is 17.3. The Morgan fingerprint density at radius 2 is 1.95 bits per heavy atom. The van der Waals surface area contributed by atoms with Gasteiger partial charge in [0.25, 0.3) is 0 Å². The van der Waals surface area contributed by atoms with Gasteiger partial charge in [0.15, 0.2) is 0 Å². The van der Waals surface area contributed by atoms with Gasteiger partial charge in [0.1, 0.15) is 35.1 Å². The smallest absolute Gasteiger partial charge is 0.411 e. The standard InChI is InChI=1S/C25H36F3N3O5S/c1-15(29)13-31(23(32)36-24(2,3)4)25(14-30-22(34-6)21(37)17(25)7-8-26)20-18(28)11-16(27)12-19(20)35-10-9-33-5/h11-12,15,37H,7-10,13-14,29H2,1-6H3/t15-,25+/m0/s1. The Labute approximate surface area is 221 Å². The van der Waals surface area contributed by atoms with E-state index in [1.165, 1.54) is 19.1 Å². The number of ether oxygens (including phenoxy) is 4. The fourth-order valence-corrected chi connectivity index (χ4v) is 4.63. The molecule has 0 aliphatic carbocycles. The van der Waals surface area contributed by atoms with Crippen LogP contribution < -0.4 is 10.5 Å². The second kappa shape index (κ2) is 12.9. The molecule has 1 aromatic carbocycles. The van der Waals surface area contributed by atoms with E-state index in [2.05, 4.69) is 17.6 Å². The lowest BCUT2D eigenvalue weighted by Gasteiger charge is -2.48. The molecule has 1 aliphatic rings. The van der Waals surface area contributed by atoms with Gasteiger partial charge in [-0.1, -0.05) is 0 Å². The summed E-state index contributed by atoms with van der Waals surface area (Å²) in [6, 6.07) is 1.05. The van der Waals surface area contributed by atoms with E-state index in [1.807, 2.05) is 0 Å². The highest BCUT2D eigenvalue weighted by Crippen LogP contribution is 2.48. The van der Waals surface area contributed by atoms with Crippen LogP contribution in [0.5, 0.6) is 5.75 Å². The molecule has 0 saturated heterocycles. The molecule has 1 aliphatic heterocycles. The molecule has 8 nitrogen and oxygen atoms in total. The summed E-state index contributed by atoms with van der Waals surface area (Å²) in [5.74, 6) is -2.06. The van der Waals surface area contributed by atoms with Crippen LogP contribution in [0, 0.1) is 11.6 Å².